The first kappa shape index (κ1) is 14.1. The van der Waals surface area contributed by atoms with Crippen LogP contribution < -0.4 is 10.5 Å². The Kier molecular flexibility index (Phi) is 4.05. The van der Waals surface area contributed by atoms with Crippen molar-refractivity contribution in [2.24, 2.45) is 10.9 Å². The van der Waals surface area contributed by atoms with Gasteiger partial charge in [0, 0.05) is 5.02 Å². The molecule has 3 N–H and O–H groups in total. The van der Waals surface area contributed by atoms with E-state index in [-0.39, 0.29) is 11.7 Å². The standard InChI is InChI=1S/C13H13ClN4O2/c1-7-8(2)16-17-13(11(7)12(15)18-19)20-10-5-3-4-9(14)6-10/h3-6,19H,1-2H3,(H2,15,18). The van der Waals surface area contributed by atoms with Crippen LogP contribution in [0, 0.1) is 13.8 Å². The maximum atomic E-state index is 8.88. The third-order valence-corrected chi connectivity index (χ3v) is 3.03. The molecule has 0 saturated heterocycles. The molecule has 7 heteroatoms. The molecule has 2 aromatic rings. The summed E-state index contributed by atoms with van der Waals surface area (Å²) in [5.74, 6) is 0.560. The molecule has 0 fully saturated rings. The van der Waals surface area contributed by atoms with Crippen molar-refractivity contribution in [1.29, 1.82) is 0 Å². The van der Waals surface area contributed by atoms with E-state index in [1.54, 1.807) is 38.1 Å². The normalized spacial score (nSPS) is 11.4. The molecular weight excluding hydrogens is 280 g/mol. The average molecular weight is 293 g/mol. The van der Waals surface area contributed by atoms with E-state index in [4.69, 9.17) is 27.3 Å². The molecule has 0 bridgehead atoms. The molecule has 0 aliphatic rings. The minimum atomic E-state index is -0.0856. The summed E-state index contributed by atoms with van der Waals surface area (Å²) in [6.07, 6.45) is 0. The van der Waals surface area contributed by atoms with Gasteiger partial charge >= 0.3 is 0 Å². The number of nitrogens with zero attached hydrogens (tertiary/aromatic N) is 3. The van der Waals surface area contributed by atoms with Crippen LogP contribution in [0.15, 0.2) is 29.4 Å². The van der Waals surface area contributed by atoms with Gasteiger partial charge in [-0.15, -0.1) is 5.10 Å². The molecule has 104 valence electrons. The lowest BCUT2D eigenvalue weighted by atomic mass is 10.1. The molecule has 20 heavy (non-hydrogen) atoms. The Morgan fingerprint density at radius 3 is 2.75 bits per heavy atom. The van der Waals surface area contributed by atoms with Gasteiger partial charge in [-0.3, -0.25) is 0 Å². The van der Waals surface area contributed by atoms with Gasteiger partial charge in [0.15, 0.2) is 5.84 Å². The molecule has 0 aliphatic carbocycles. The summed E-state index contributed by atoms with van der Waals surface area (Å²) >= 11 is 5.89. The first-order valence-electron chi connectivity index (χ1n) is 5.78. The molecule has 1 heterocycles. The van der Waals surface area contributed by atoms with E-state index >= 15 is 0 Å². The fraction of sp³-hybridized carbons (Fsp3) is 0.154. The molecule has 1 aromatic heterocycles. The lowest BCUT2D eigenvalue weighted by Gasteiger charge is -2.12. The quantitative estimate of drug-likeness (QED) is 0.392. The molecular formula is C13H13ClN4O2. The number of hydrogen-bond acceptors (Lipinski definition) is 5. The summed E-state index contributed by atoms with van der Waals surface area (Å²) in [6.45, 7) is 3.57. The number of ether oxygens (including phenoxy) is 1. The molecule has 0 atom stereocenters. The van der Waals surface area contributed by atoms with E-state index in [1.165, 1.54) is 0 Å². The van der Waals surface area contributed by atoms with E-state index in [1.807, 2.05) is 0 Å². The number of rotatable bonds is 3. The number of amidine groups is 1. The van der Waals surface area contributed by atoms with Crippen molar-refractivity contribution < 1.29 is 9.94 Å². The number of benzene rings is 1. The van der Waals surface area contributed by atoms with Crippen LogP contribution in [0.3, 0.4) is 0 Å². The smallest absolute Gasteiger partial charge is 0.250 e. The van der Waals surface area contributed by atoms with Crippen molar-refractivity contribution in [3.63, 3.8) is 0 Å². The summed E-state index contributed by atoms with van der Waals surface area (Å²) in [4.78, 5) is 0. The van der Waals surface area contributed by atoms with Crippen LogP contribution in [-0.4, -0.2) is 21.2 Å². The summed E-state index contributed by atoms with van der Waals surface area (Å²) in [5.41, 5.74) is 7.48. The van der Waals surface area contributed by atoms with Gasteiger partial charge in [0.1, 0.15) is 5.75 Å². The predicted octanol–water partition coefficient (Wildman–Crippen LogP) is 2.63. The fourth-order valence-corrected chi connectivity index (χ4v) is 1.83. The van der Waals surface area contributed by atoms with Crippen LogP contribution in [0.2, 0.25) is 5.02 Å². The van der Waals surface area contributed by atoms with Crippen LogP contribution in [0.4, 0.5) is 0 Å². The molecule has 0 spiro atoms. The summed E-state index contributed by atoms with van der Waals surface area (Å²) in [5, 5.41) is 20.3. The van der Waals surface area contributed by atoms with Gasteiger partial charge in [-0.05, 0) is 37.6 Å². The molecule has 0 saturated carbocycles. The zero-order valence-electron chi connectivity index (χ0n) is 11.0. The van der Waals surface area contributed by atoms with Crippen molar-refractivity contribution in [2.45, 2.75) is 13.8 Å². The summed E-state index contributed by atoms with van der Waals surface area (Å²) < 4.78 is 5.62. The van der Waals surface area contributed by atoms with Crippen molar-refractivity contribution in [3.8, 4) is 11.6 Å². The van der Waals surface area contributed by atoms with Gasteiger partial charge in [0.05, 0.1) is 11.3 Å². The number of hydrogen-bond donors (Lipinski definition) is 2. The molecule has 2 rings (SSSR count). The minimum Gasteiger partial charge on any atom is -0.437 e. The zero-order chi connectivity index (χ0) is 14.7. The third kappa shape index (κ3) is 2.80. The Morgan fingerprint density at radius 2 is 2.10 bits per heavy atom. The van der Waals surface area contributed by atoms with E-state index in [2.05, 4.69) is 15.4 Å². The number of aromatic nitrogens is 2. The van der Waals surface area contributed by atoms with Gasteiger partial charge in [-0.1, -0.05) is 22.8 Å². The molecule has 0 aliphatic heterocycles. The summed E-state index contributed by atoms with van der Waals surface area (Å²) in [7, 11) is 0. The second-order valence-corrected chi connectivity index (χ2v) is 4.57. The number of nitrogens with two attached hydrogens (primary N) is 1. The molecule has 0 unspecified atom stereocenters. The van der Waals surface area contributed by atoms with Crippen molar-refractivity contribution >= 4 is 17.4 Å². The van der Waals surface area contributed by atoms with E-state index in [0.29, 0.717) is 22.0 Å². The Morgan fingerprint density at radius 1 is 1.35 bits per heavy atom. The Bertz CT molecular complexity index is 673. The highest BCUT2D eigenvalue weighted by Crippen LogP contribution is 2.27. The average Bonchev–Trinajstić information content (AvgIpc) is 2.42. The highest BCUT2D eigenvalue weighted by molar-refractivity contribution is 6.30. The van der Waals surface area contributed by atoms with Gasteiger partial charge in [0.2, 0.25) is 5.88 Å². The van der Waals surface area contributed by atoms with E-state index in [0.717, 1.165) is 5.56 Å². The van der Waals surface area contributed by atoms with E-state index in [9.17, 15) is 0 Å². The maximum absolute atomic E-state index is 8.88. The zero-order valence-corrected chi connectivity index (χ0v) is 11.7. The highest BCUT2D eigenvalue weighted by atomic mass is 35.5. The van der Waals surface area contributed by atoms with Crippen LogP contribution in [-0.2, 0) is 0 Å². The lowest BCUT2D eigenvalue weighted by Crippen LogP contribution is -2.18. The predicted molar refractivity (Wildman–Crippen MR) is 75.5 cm³/mol. The van der Waals surface area contributed by atoms with Gasteiger partial charge in [-0.2, -0.15) is 5.10 Å². The summed E-state index contributed by atoms with van der Waals surface area (Å²) in [6, 6.07) is 6.83. The minimum absolute atomic E-state index is 0.0856. The van der Waals surface area contributed by atoms with Crippen molar-refractivity contribution in [1.82, 2.24) is 10.2 Å². The molecule has 6 nitrogen and oxygen atoms in total. The highest BCUT2D eigenvalue weighted by Gasteiger charge is 2.17. The largest absolute Gasteiger partial charge is 0.437 e. The van der Waals surface area contributed by atoms with Gasteiger partial charge in [0.25, 0.3) is 0 Å². The van der Waals surface area contributed by atoms with Crippen LogP contribution in [0.1, 0.15) is 16.8 Å². The number of aryl methyl sites for hydroxylation is 1. The maximum Gasteiger partial charge on any atom is 0.250 e. The van der Waals surface area contributed by atoms with Gasteiger partial charge < -0.3 is 15.7 Å². The van der Waals surface area contributed by atoms with Crippen LogP contribution >= 0.6 is 11.6 Å². The SMILES string of the molecule is Cc1nnc(Oc2cccc(Cl)c2)c(/C(N)=N/O)c1C. The van der Waals surface area contributed by atoms with Gasteiger partial charge in [-0.25, -0.2) is 0 Å². The first-order chi connectivity index (χ1) is 9.52. The Hall–Kier alpha value is -2.34. The van der Waals surface area contributed by atoms with Crippen LogP contribution in [0.5, 0.6) is 11.6 Å². The Balaban J connectivity index is 2.49. The molecule has 1 aromatic carbocycles. The monoisotopic (exact) mass is 292 g/mol. The number of oxime groups is 1. The second-order valence-electron chi connectivity index (χ2n) is 4.14. The number of halogens is 1. The van der Waals surface area contributed by atoms with Crippen molar-refractivity contribution in [3.05, 3.63) is 46.1 Å². The first-order valence-corrected chi connectivity index (χ1v) is 6.16. The molecule has 0 radical (unpaired) electrons. The Labute approximate surface area is 120 Å². The van der Waals surface area contributed by atoms with Crippen LogP contribution in [0.25, 0.3) is 0 Å². The lowest BCUT2D eigenvalue weighted by molar-refractivity contribution is 0.318. The second kappa shape index (κ2) is 5.75. The van der Waals surface area contributed by atoms with E-state index < -0.39 is 0 Å². The molecule has 0 amide bonds. The topological polar surface area (TPSA) is 93.6 Å². The fourth-order valence-electron chi connectivity index (χ4n) is 1.65. The van der Waals surface area contributed by atoms with Crippen molar-refractivity contribution in [2.75, 3.05) is 0 Å². The third-order valence-electron chi connectivity index (χ3n) is 2.80.